The van der Waals surface area contributed by atoms with Gasteiger partial charge in [-0.15, -0.1) is 0 Å². The largest absolute Gasteiger partial charge is 0.374 e. The van der Waals surface area contributed by atoms with E-state index in [0.29, 0.717) is 19.0 Å². The van der Waals surface area contributed by atoms with Crippen molar-refractivity contribution in [3.8, 4) is 0 Å². The molecule has 0 aromatic heterocycles. The van der Waals surface area contributed by atoms with E-state index >= 15 is 0 Å². The molecule has 1 aliphatic heterocycles. The van der Waals surface area contributed by atoms with Gasteiger partial charge in [0, 0.05) is 6.61 Å². The molecule has 22 heavy (non-hydrogen) atoms. The number of carbonyl (C=O) groups is 1. The molecular weight excluding hydrogens is 276 g/mol. The number of rotatable bonds is 5. The Labute approximate surface area is 129 Å². The summed E-state index contributed by atoms with van der Waals surface area (Å²) >= 11 is 0. The zero-order valence-corrected chi connectivity index (χ0v) is 12.5. The zero-order chi connectivity index (χ0) is 15.4. The van der Waals surface area contributed by atoms with Crippen molar-refractivity contribution < 1.29 is 9.53 Å². The van der Waals surface area contributed by atoms with Crippen LogP contribution in [0.25, 0.3) is 0 Å². The van der Waals surface area contributed by atoms with Gasteiger partial charge in [-0.3, -0.25) is 4.79 Å². The molecule has 0 saturated carbocycles. The van der Waals surface area contributed by atoms with Crippen molar-refractivity contribution in [1.29, 1.82) is 0 Å². The second-order valence-electron chi connectivity index (χ2n) is 5.09. The molecule has 1 N–H and O–H groups in total. The first-order valence-corrected chi connectivity index (χ1v) is 7.36. The fourth-order valence-corrected chi connectivity index (χ4v) is 2.69. The van der Waals surface area contributed by atoms with Gasteiger partial charge in [-0.1, -0.05) is 60.7 Å². The Morgan fingerprint density at radius 3 is 2.05 bits per heavy atom. The summed E-state index contributed by atoms with van der Waals surface area (Å²) in [6, 6.07) is 19.3. The summed E-state index contributed by atoms with van der Waals surface area (Å²) < 4.78 is 5.39. The number of amidine groups is 1. The van der Waals surface area contributed by atoms with Crippen LogP contribution in [0.15, 0.2) is 65.7 Å². The molecule has 4 nitrogen and oxygen atoms in total. The number of aliphatic imine (C=N–C) groups is 1. The number of hydrogen-bond donors (Lipinski definition) is 1. The van der Waals surface area contributed by atoms with Crippen molar-refractivity contribution >= 4 is 11.7 Å². The Kier molecular flexibility index (Phi) is 4.02. The minimum absolute atomic E-state index is 0.139. The summed E-state index contributed by atoms with van der Waals surface area (Å²) in [6.45, 7) is 2.81. The molecule has 2 aromatic rings. The van der Waals surface area contributed by atoms with Gasteiger partial charge in [-0.05, 0) is 18.1 Å². The van der Waals surface area contributed by atoms with E-state index in [2.05, 4.69) is 5.32 Å². The van der Waals surface area contributed by atoms with Crippen molar-refractivity contribution in [2.45, 2.75) is 12.5 Å². The number of ether oxygens (including phenoxy) is 1. The van der Waals surface area contributed by atoms with Crippen LogP contribution in [0.2, 0.25) is 0 Å². The highest BCUT2D eigenvalue weighted by Crippen LogP contribution is 2.36. The molecule has 3 rings (SSSR count). The van der Waals surface area contributed by atoms with Gasteiger partial charge < -0.3 is 10.1 Å². The van der Waals surface area contributed by atoms with Crippen LogP contribution in [0.5, 0.6) is 0 Å². The van der Waals surface area contributed by atoms with E-state index in [-0.39, 0.29) is 5.91 Å². The van der Waals surface area contributed by atoms with Crippen LogP contribution in [-0.2, 0) is 15.1 Å². The molecule has 0 fully saturated rings. The summed E-state index contributed by atoms with van der Waals surface area (Å²) in [5.74, 6) is 0.430. The average Bonchev–Trinajstić information content (AvgIpc) is 2.92. The molecule has 1 amide bonds. The van der Waals surface area contributed by atoms with Gasteiger partial charge in [0.2, 0.25) is 0 Å². The van der Waals surface area contributed by atoms with Crippen molar-refractivity contribution in [2.24, 2.45) is 4.99 Å². The van der Waals surface area contributed by atoms with Crippen LogP contribution in [0, 0.1) is 0 Å². The monoisotopic (exact) mass is 294 g/mol. The Bertz CT molecular complexity index is 641. The molecule has 1 heterocycles. The van der Waals surface area contributed by atoms with Gasteiger partial charge in [0.1, 0.15) is 12.4 Å². The van der Waals surface area contributed by atoms with Crippen molar-refractivity contribution in [2.75, 3.05) is 13.2 Å². The van der Waals surface area contributed by atoms with E-state index in [1.807, 2.05) is 67.6 Å². The normalized spacial score (nSPS) is 16.2. The van der Waals surface area contributed by atoms with Gasteiger partial charge in [0.05, 0.1) is 0 Å². The van der Waals surface area contributed by atoms with Crippen LogP contribution in [-0.4, -0.2) is 25.0 Å². The van der Waals surface area contributed by atoms with Crippen LogP contribution < -0.4 is 5.32 Å². The third kappa shape index (κ3) is 2.42. The lowest BCUT2D eigenvalue weighted by Crippen LogP contribution is -2.39. The fourth-order valence-electron chi connectivity index (χ4n) is 2.69. The molecule has 1 aliphatic rings. The topological polar surface area (TPSA) is 50.7 Å². The third-order valence-electron chi connectivity index (χ3n) is 3.72. The van der Waals surface area contributed by atoms with E-state index < -0.39 is 5.54 Å². The van der Waals surface area contributed by atoms with Gasteiger partial charge in [0.25, 0.3) is 5.91 Å². The summed E-state index contributed by atoms with van der Waals surface area (Å²) in [6.07, 6.45) is 0. The summed E-state index contributed by atoms with van der Waals surface area (Å²) in [5, 5.41) is 2.86. The number of hydrogen-bond acceptors (Lipinski definition) is 3. The standard InChI is InChI=1S/C18H18N2O2/c1-2-22-13-16-19-17(21)18(20-16,14-9-5-3-6-10-14)15-11-7-4-8-12-15/h3-12H,2,13H2,1H3,(H,19,20,21). The zero-order valence-electron chi connectivity index (χ0n) is 12.5. The van der Waals surface area contributed by atoms with Crippen LogP contribution in [0.1, 0.15) is 18.1 Å². The first-order valence-electron chi connectivity index (χ1n) is 7.36. The highest BCUT2D eigenvalue weighted by atomic mass is 16.5. The first kappa shape index (κ1) is 14.5. The van der Waals surface area contributed by atoms with Crippen molar-refractivity contribution in [3.05, 3.63) is 71.8 Å². The Balaban J connectivity index is 2.13. The maximum Gasteiger partial charge on any atom is 0.262 e. The fraction of sp³-hybridized carbons (Fsp3) is 0.222. The lowest BCUT2D eigenvalue weighted by molar-refractivity contribution is -0.122. The van der Waals surface area contributed by atoms with E-state index in [4.69, 9.17) is 9.73 Å². The van der Waals surface area contributed by atoms with Crippen LogP contribution >= 0.6 is 0 Å². The number of amides is 1. The van der Waals surface area contributed by atoms with Gasteiger partial charge in [-0.2, -0.15) is 0 Å². The number of nitrogens with zero attached hydrogens (tertiary/aromatic N) is 1. The molecule has 0 atom stereocenters. The predicted molar refractivity (Wildman–Crippen MR) is 85.7 cm³/mol. The molecule has 0 bridgehead atoms. The average molecular weight is 294 g/mol. The summed E-state index contributed by atoms with van der Waals surface area (Å²) in [4.78, 5) is 17.5. The third-order valence-corrected chi connectivity index (χ3v) is 3.72. The molecule has 2 aromatic carbocycles. The SMILES string of the molecule is CCOCC1=NC(c2ccccc2)(c2ccccc2)C(=O)N1. The number of nitrogens with one attached hydrogen (secondary N) is 1. The summed E-state index contributed by atoms with van der Waals surface area (Å²) in [7, 11) is 0. The molecule has 0 radical (unpaired) electrons. The molecular formula is C18H18N2O2. The molecule has 112 valence electrons. The molecule has 4 heteroatoms. The van der Waals surface area contributed by atoms with Gasteiger partial charge in [-0.25, -0.2) is 4.99 Å². The smallest absolute Gasteiger partial charge is 0.262 e. The van der Waals surface area contributed by atoms with Crippen molar-refractivity contribution in [3.63, 3.8) is 0 Å². The van der Waals surface area contributed by atoms with Gasteiger partial charge in [0.15, 0.2) is 5.54 Å². The first-order chi connectivity index (χ1) is 10.8. The van der Waals surface area contributed by atoms with Crippen LogP contribution in [0.4, 0.5) is 0 Å². The lowest BCUT2D eigenvalue weighted by Gasteiger charge is -2.24. The van der Waals surface area contributed by atoms with E-state index in [1.54, 1.807) is 0 Å². The minimum atomic E-state index is -1.03. The predicted octanol–water partition coefficient (Wildman–Crippen LogP) is 2.50. The van der Waals surface area contributed by atoms with E-state index in [9.17, 15) is 4.79 Å². The van der Waals surface area contributed by atoms with E-state index in [0.717, 1.165) is 11.1 Å². The molecule has 0 unspecified atom stereocenters. The second kappa shape index (κ2) is 6.12. The number of carbonyl (C=O) groups excluding carboxylic acids is 1. The summed E-state index contributed by atoms with van der Waals surface area (Å²) in [5.41, 5.74) is 0.671. The highest BCUT2D eigenvalue weighted by Gasteiger charge is 2.46. The maximum absolute atomic E-state index is 12.8. The Hall–Kier alpha value is -2.46. The Morgan fingerprint density at radius 2 is 1.55 bits per heavy atom. The quantitative estimate of drug-likeness (QED) is 0.921. The van der Waals surface area contributed by atoms with Crippen LogP contribution in [0.3, 0.4) is 0 Å². The molecule has 0 spiro atoms. The van der Waals surface area contributed by atoms with E-state index in [1.165, 1.54) is 0 Å². The van der Waals surface area contributed by atoms with Crippen molar-refractivity contribution in [1.82, 2.24) is 5.32 Å². The van der Waals surface area contributed by atoms with Gasteiger partial charge >= 0.3 is 0 Å². The minimum Gasteiger partial charge on any atom is -0.374 e. The molecule has 0 saturated heterocycles. The Morgan fingerprint density at radius 1 is 1.00 bits per heavy atom. The highest BCUT2D eigenvalue weighted by molar-refractivity contribution is 6.10. The molecule has 0 aliphatic carbocycles. The second-order valence-corrected chi connectivity index (χ2v) is 5.09. The number of benzene rings is 2. The maximum atomic E-state index is 12.8. The lowest BCUT2D eigenvalue weighted by atomic mass is 9.83.